The quantitative estimate of drug-likeness (QED) is 0.922. The Hall–Kier alpha value is -1.26. The number of ether oxygens (including phenoxy) is 1. The van der Waals surface area contributed by atoms with Gasteiger partial charge in [-0.2, -0.15) is 0 Å². The molecule has 1 atom stereocenters. The van der Waals surface area contributed by atoms with E-state index in [9.17, 15) is 0 Å². The van der Waals surface area contributed by atoms with Crippen molar-refractivity contribution >= 4 is 15.9 Å². The molecular weight excluding hydrogens is 282 g/mol. The van der Waals surface area contributed by atoms with E-state index >= 15 is 0 Å². The van der Waals surface area contributed by atoms with Crippen molar-refractivity contribution in [1.29, 1.82) is 0 Å². The van der Waals surface area contributed by atoms with Gasteiger partial charge in [0.25, 0.3) is 0 Å². The van der Waals surface area contributed by atoms with Crippen LogP contribution in [0.3, 0.4) is 0 Å². The lowest BCUT2D eigenvalue weighted by Gasteiger charge is -2.13. The number of rotatable bonds is 5. The van der Waals surface area contributed by atoms with Gasteiger partial charge in [0.05, 0.1) is 18.8 Å². The molecule has 0 aliphatic rings. The summed E-state index contributed by atoms with van der Waals surface area (Å²) in [4.78, 5) is 0. The molecule has 3 nitrogen and oxygen atoms in total. The molecule has 0 fully saturated rings. The molecule has 0 spiro atoms. The maximum atomic E-state index is 5.71. The smallest absolute Gasteiger partial charge is 0.120 e. The molecule has 17 heavy (non-hydrogen) atoms. The molecule has 1 aromatic heterocycles. The molecule has 2 N–H and O–H groups in total. The number of furan rings is 1. The minimum absolute atomic E-state index is 0.0870. The van der Waals surface area contributed by atoms with Gasteiger partial charge in [-0.3, -0.25) is 0 Å². The summed E-state index contributed by atoms with van der Waals surface area (Å²) in [7, 11) is 0. The Kier molecular flexibility index (Phi) is 4.23. The molecule has 2 aromatic rings. The zero-order valence-electron chi connectivity index (χ0n) is 9.30. The van der Waals surface area contributed by atoms with Crippen LogP contribution in [0.5, 0.6) is 5.75 Å². The van der Waals surface area contributed by atoms with Crippen molar-refractivity contribution in [2.45, 2.75) is 5.92 Å². The van der Waals surface area contributed by atoms with E-state index in [-0.39, 0.29) is 5.92 Å². The van der Waals surface area contributed by atoms with Crippen molar-refractivity contribution < 1.29 is 9.15 Å². The van der Waals surface area contributed by atoms with E-state index < -0.39 is 0 Å². The van der Waals surface area contributed by atoms with E-state index in [0.717, 1.165) is 16.0 Å². The summed E-state index contributed by atoms with van der Waals surface area (Å²) >= 11 is 3.40. The largest absolute Gasteiger partial charge is 0.493 e. The van der Waals surface area contributed by atoms with Gasteiger partial charge in [0.15, 0.2) is 0 Å². The third kappa shape index (κ3) is 3.35. The fourth-order valence-corrected chi connectivity index (χ4v) is 1.92. The third-order valence-electron chi connectivity index (χ3n) is 2.48. The molecule has 0 aliphatic carbocycles. The Morgan fingerprint density at radius 3 is 2.82 bits per heavy atom. The predicted octanol–water partition coefficient (Wildman–Crippen LogP) is 3.16. The lowest BCUT2D eigenvalue weighted by molar-refractivity contribution is 0.272. The fourth-order valence-electron chi connectivity index (χ4n) is 1.54. The molecule has 0 saturated carbocycles. The lowest BCUT2D eigenvalue weighted by atomic mass is 10.1. The second-order valence-electron chi connectivity index (χ2n) is 3.72. The van der Waals surface area contributed by atoms with Crippen LogP contribution in [-0.4, -0.2) is 13.2 Å². The molecule has 0 aliphatic heterocycles. The second-order valence-corrected chi connectivity index (χ2v) is 4.63. The van der Waals surface area contributed by atoms with Crippen molar-refractivity contribution in [3.05, 3.63) is 52.9 Å². The zero-order valence-corrected chi connectivity index (χ0v) is 10.9. The monoisotopic (exact) mass is 295 g/mol. The Balaban J connectivity index is 1.97. The van der Waals surface area contributed by atoms with Crippen LogP contribution in [0.1, 0.15) is 11.7 Å². The van der Waals surface area contributed by atoms with Crippen molar-refractivity contribution in [3.8, 4) is 5.75 Å². The van der Waals surface area contributed by atoms with Crippen LogP contribution in [0.4, 0.5) is 0 Å². The van der Waals surface area contributed by atoms with Crippen LogP contribution >= 0.6 is 15.9 Å². The van der Waals surface area contributed by atoms with Crippen LogP contribution in [0, 0.1) is 0 Å². The molecule has 90 valence electrons. The maximum Gasteiger partial charge on any atom is 0.120 e. The van der Waals surface area contributed by atoms with Crippen LogP contribution in [-0.2, 0) is 0 Å². The first-order valence-electron chi connectivity index (χ1n) is 5.41. The van der Waals surface area contributed by atoms with Crippen molar-refractivity contribution in [3.63, 3.8) is 0 Å². The zero-order chi connectivity index (χ0) is 12.1. The highest BCUT2D eigenvalue weighted by atomic mass is 79.9. The summed E-state index contributed by atoms with van der Waals surface area (Å²) in [6.07, 6.45) is 1.65. The fraction of sp³-hybridized carbons (Fsp3) is 0.231. The molecule has 0 saturated heterocycles. The van der Waals surface area contributed by atoms with Gasteiger partial charge in [-0.25, -0.2) is 0 Å². The molecule has 2 rings (SSSR count). The average molecular weight is 296 g/mol. The molecule has 0 amide bonds. The van der Waals surface area contributed by atoms with Crippen LogP contribution in [0.25, 0.3) is 0 Å². The SMILES string of the molecule is NCC(COc1cccc(Br)c1)c1ccco1. The number of hydrogen-bond acceptors (Lipinski definition) is 3. The molecular formula is C13H14BrNO2. The van der Waals surface area contributed by atoms with Crippen LogP contribution < -0.4 is 10.5 Å². The molecule has 4 heteroatoms. The first-order chi connectivity index (χ1) is 8.29. The van der Waals surface area contributed by atoms with E-state index in [2.05, 4.69) is 15.9 Å². The van der Waals surface area contributed by atoms with Crippen LogP contribution in [0.15, 0.2) is 51.6 Å². The summed E-state index contributed by atoms with van der Waals surface area (Å²) in [6.45, 7) is 1.02. The predicted molar refractivity (Wildman–Crippen MR) is 70.1 cm³/mol. The molecule has 1 unspecified atom stereocenters. The first kappa shape index (κ1) is 12.2. The van der Waals surface area contributed by atoms with E-state index in [0.29, 0.717) is 13.2 Å². The highest BCUT2D eigenvalue weighted by Gasteiger charge is 2.13. The third-order valence-corrected chi connectivity index (χ3v) is 2.97. The Labute approximate surface area is 109 Å². The topological polar surface area (TPSA) is 48.4 Å². The number of hydrogen-bond donors (Lipinski definition) is 1. The minimum Gasteiger partial charge on any atom is -0.493 e. The number of nitrogens with two attached hydrogens (primary N) is 1. The minimum atomic E-state index is 0.0870. The number of benzene rings is 1. The molecule has 0 radical (unpaired) electrons. The molecule has 0 bridgehead atoms. The van der Waals surface area contributed by atoms with E-state index in [1.54, 1.807) is 6.26 Å². The highest BCUT2D eigenvalue weighted by molar-refractivity contribution is 9.10. The van der Waals surface area contributed by atoms with Crippen LogP contribution in [0.2, 0.25) is 0 Å². The molecule has 1 aromatic carbocycles. The van der Waals surface area contributed by atoms with Gasteiger partial charge in [-0.15, -0.1) is 0 Å². The van der Waals surface area contributed by atoms with Gasteiger partial charge >= 0.3 is 0 Å². The van der Waals surface area contributed by atoms with Crippen molar-refractivity contribution in [2.75, 3.05) is 13.2 Å². The number of halogens is 1. The summed E-state index contributed by atoms with van der Waals surface area (Å²) in [5.74, 6) is 1.77. The van der Waals surface area contributed by atoms with Gasteiger partial charge < -0.3 is 14.9 Å². The second kappa shape index (κ2) is 5.89. The van der Waals surface area contributed by atoms with Crippen molar-refractivity contribution in [1.82, 2.24) is 0 Å². The Morgan fingerprint density at radius 1 is 1.29 bits per heavy atom. The average Bonchev–Trinajstić information content (AvgIpc) is 2.84. The Bertz CT molecular complexity index is 456. The molecule has 1 heterocycles. The van der Waals surface area contributed by atoms with E-state index in [1.165, 1.54) is 0 Å². The summed E-state index contributed by atoms with van der Waals surface area (Å²) in [5.41, 5.74) is 5.71. The lowest BCUT2D eigenvalue weighted by Crippen LogP contribution is -2.19. The standard InChI is InChI=1S/C13H14BrNO2/c14-11-3-1-4-12(7-11)17-9-10(8-15)13-5-2-6-16-13/h1-7,10H,8-9,15H2. The summed E-state index contributed by atoms with van der Waals surface area (Å²) < 4.78 is 12.0. The van der Waals surface area contributed by atoms with Crippen molar-refractivity contribution in [2.24, 2.45) is 5.73 Å². The van der Waals surface area contributed by atoms with Gasteiger partial charge in [-0.05, 0) is 30.3 Å². The first-order valence-corrected chi connectivity index (χ1v) is 6.20. The van der Waals surface area contributed by atoms with Gasteiger partial charge in [0.1, 0.15) is 11.5 Å². The van der Waals surface area contributed by atoms with Gasteiger partial charge in [0.2, 0.25) is 0 Å². The van der Waals surface area contributed by atoms with E-state index in [1.807, 2.05) is 36.4 Å². The maximum absolute atomic E-state index is 5.71. The summed E-state index contributed by atoms with van der Waals surface area (Å²) in [6, 6.07) is 11.5. The van der Waals surface area contributed by atoms with Gasteiger partial charge in [0, 0.05) is 11.0 Å². The van der Waals surface area contributed by atoms with E-state index in [4.69, 9.17) is 14.9 Å². The highest BCUT2D eigenvalue weighted by Crippen LogP contribution is 2.21. The van der Waals surface area contributed by atoms with Gasteiger partial charge in [-0.1, -0.05) is 22.0 Å². The normalized spacial score (nSPS) is 12.4. The Morgan fingerprint density at radius 2 is 2.18 bits per heavy atom. The summed E-state index contributed by atoms with van der Waals surface area (Å²) in [5, 5.41) is 0.